The van der Waals surface area contributed by atoms with Gasteiger partial charge in [0, 0.05) is 18.3 Å². The Morgan fingerprint density at radius 2 is 1.73 bits per heavy atom. The summed E-state index contributed by atoms with van der Waals surface area (Å²) < 4.78 is 57.0. The van der Waals surface area contributed by atoms with Crippen LogP contribution in [0.5, 0.6) is 0 Å². The summed E-state index contributed by atoms with van der Waals surface area (Å²) in [5, 5.41) is 0. The molecule has 0 aromatic rings. The van der Waals surface area contributed by atoms with Gasteiger partial charge in [-0.3, -0.25) is 0 Å². The molecule has 9 heteroatoms. The highest BCUT2D eigenvalue weighted by Gasteiger charge is 2.47. The normalized spacial score (nSPS) is 12.4. The maximum Gasteiger partial charge on any atom is 0.524 e. The zero-order valence-corrected chi connectivity index (χ0v) is 7.81. The molecule has 0 spiro atoms. The molecule has 0 N–H and O–H groups in total. The fraction of sp³-hybridized carbons (Fsp3) is 1.00. The quantitative estimate of drug-likeness (QED) is 0.529. The van der Waals surface area contributed by atoms with Crippen LogP contribution in [-0.4, -0.2) is 20.2 Å². The Kier molecular flexibility index (Phi) is 5.62. The van der Waals surface area contributed by atoms with E-state index in [-0.39, 0.29) is 25.5 Å². The third-order valence-corrected chi connectivity index (χ3v) is 2.27. The first kappa shape index (κ1) is 14.0. The minimum Gasteiger partial charge on any atom is -0.197 e. The molecule has 0 radical (unpaired) electrons. The van der Waals surface area contributed by atoms with Crippen molar-refractivity contribution >= 4 is 35.7 Å². The summed E-state index contributed by atoms with van der Waals surface area (Å²) in [6.45, 7) is 0. The fourth-order valence-corrected chi connectivity index (χ4v) is 1.15. The van der Waals surface area contributed by atoms with E-state index in [1.165, 1.54) is 0 Å². The number of hydrogen-bond donors (Lipinski definition) is 0. The van der Waals surface area contributed by atoms with Gasteiger partial charge in [0.15, 0.2) is 0 Å². The van der Waals surface area contributed by atoms with Crippen molar-refractivity contribution in [2.45, 2.75) is 5.51 Å². The van der Waals surface area contributed by atoms with Crippen LogP contribution in [0.1, 0.15) is 0 Å². The van der Waals surface area contributed by atoms with Crippen LogP contribution in [0.25, 0.3) is 0 Å². The van der Waals surface area contributed by atoms with E-state index in [9.17, 15) is 21.6 Å². The predicted molar refractivity (Wildman–Crippen MR) is 40.0 cm³/mol. The summed E-state index contributed by atoms with van der Waals surface area (Å²) >= 11 is 0.127. The molecule has 70 valence electrons. The van der Waals surface area contributed by atoms with Crippen molar-refractivity contribution in [3.05, 3.63) is 0 Å². The second-order valence-electron chi connectivity index (χ2n) is 1.13. The van der Waals surface area contributed by atoms with Gasteiger partial charge in [-0.1, -0.05) is 0 Å². The number of alkyl halides is 3. The minimum absolute atomic E-state index is 0. The standard InChI is InChI=1S/C2H3F3O3S2.H2S/c1-9-8-10(6,7)2(3,4)5;/h1H3;1H2. The van der Waals surface area contributed by atoms with Crippen LogP contribution in [0.15, 0.2) is 0 Å². The van der Waals surface area contributed by atoms with Crippen molar-refractivity contribution in [2.75, 3.05) is 6.26 Å². The van der Waals surface area contributed by atoms with Gasteiger partial charge in [-0.05, 0) is 0 Å². The lowest BCUT2D eigenvalue weighted by molar-refractivity contribution is -0.0493. The molecule has 0 amide bonds. The Morgan fingerprint density at radius 1 is 1.36 bits per heavy atom. The average Bonchev–Trinajstić information content (AvgIpc) is 1.61. The smallest absolute Gasteiger partial charge is 0.197 e. The maximum atomic E-state index is 11.3. The Morgan fingerprint density at radius 3 is 1.82 bits per heavy atom. The van der Waals surface area contributed by atoms with E-state index < -0.39 is 15.6 Å². The minimum atomic E-state index is -5.38. The lowest BCUT2D eigenvalue weighted by atomic mass is 11.6. The van der Waals surface area contributed by atoms with Crippen LogP contribution in [0.4, 0.5) is 13.2 Å². The second kappa shape index (κ2) is 4.43. The van der Waals surface area contributed by atoms with Crippen LogP contribution in [0, 0.1) is 0 Å². The molecule has 0 fully saturated rings. The molecule has 11 heavy (non-hydrogen) atoms. The molecule has 3 nitrogen and oxygen atoms in total. The SMILES string of the molecule is CSOS(=O)(=O)C(F)(F)F.S. The average molecular weight is 230 g/mol. The lowest BCUT2D eigenvalue weighted by Gasteiger charge is -2.03. The highest BCUT2D eigenvalue weighted by Crippen LogP contribution is 2.26. The third kappa shape index (κ3) is 4.09. The predicted octanol–water partition coefficient (Wildman–Crippen LogP) is 1.24. The van der Waals surface area contributed by atoms with Crippen LogP contribution < -0.4 is 0 Å². The zero-order valence-electron chi connectivity index (χ0n) is 5.18. The highest BCUT2D eigenvalue weighted by molar-refractivity contribution is 8.04. The van der Waals surface area contributed by atoms with Gasteiger partial charge in [-0.15, -0.1) is 0 Å². The van der Waals surface area contributed by atoms with Crippen molar-refractivity contribution in [2.24, 2.45) is 0 Å². The molecule has 0 aromatic heterocycles. The summed E-state index contributed by atoms with van der Waals surface area (Å²) in [5.41, 5.74) is -5.32. The van der Waals surface area contributed by atoms with Crippen LogP contribution in [-0.2, 0) is 13.7 Å². The Balaban J connectivity index is 0. The largest absolute Gasteiger partial charge is 0.524 e. The number of hydrogen-bond acceptors (Lipinski definition) is 4. The molecule has 0 saturated heterocycles. The molecule has 0 aromatic carbocycles. The number of halogens is 3. The summed E-state index contributed by atoms with van der Waals surface area (Å²) in [6.07, 6.45) is 1.07. The molecule has 0 aliphatic heterocycles. The summed E-state index contributed by atoms with van der Waals surface area (Å²) in [5.74, 6) is 0. The molecule has 0 bridgehead atoms. The summed E-state index contributed by atoms with van der Waals surface area (Å²) in [7, 11) is -5.38. The summed E-state index contributed by atoms with van der Waals surface area (Å²) in [6, 6.07) is 0. The van der Waals surface area contributed by atoms with Gasteiger partial charge in [0.05, 0.1) is 0 Å². The Bertz CT molecular complexity index is 194. The topological polar surface area (TPSA) is 43.4 Å². The molecule has 0 saturated carbocycles. The van der Waals surface area contributed by atoms with Crippen molar-refractivity contribution in [1.29, 1.82) is 0 Å². The van der Waals surface area contributed by atoms with E-state index in [1.807, 2.05) is 0 Å². The molecule has 0 unspecified atom stereocenters. The van der Waals surface area contributed by atoms with E-state index in [0.29, 0.717) is 0 Å². The van der Waals surface area contributed by atoms with Crippen LogP contribution in [0.2, 0.25) is 0 Å². The molecule has 0 heterocycles. The van der Waals surface area contributed by atoms with E-state index in [0.717, 1.165) is 6.26 Å². The highest BCUT2D eigenvalue weighted by atomic mass is 32.3. The van der Waals surface area contributed by atoms with Crippen molar-refractivity contribution in [3.8, 4) is 0 Å². The van der Waals surface area contributed by atoms with E-state index in [4.69, 9.17) is 0 Å². The van der Waals surface area contributed by atoms with Crippen LogP contribution >= 0.6 is 25.5 Å². The molecule has 0 aliphatic rings. The van der Waals surface area contributed by atoms with Crippen LogP contribution in [0.3, 0.4) is 0 Å². The second-order valence-corrected chi connectivity index (χ2v) is 3.38. The van der Waals surface area contributed by atoms with Gasteiger partial charge in [0.1, 0.15) is 0 Å². The fourth-order valence-electron chi connectivity index (χ4n) is 0.128. The first-order chi connectivity index (χ1) is 4.31. The van der Waals surface area contributed by atoms with Gasteiger partial charge in [-0.2, -0.15) is 38.7 Å². The molecule has 0 atom stereocenters. The third-order valence-electron chi connectivity index (χ3n) is 0.441. The monoisotopic (exact) mass is 230 g/mol. The number of rotatable bonds is 2. The molecular formula is C2H5F3O3S3. The molecular weight excluding hydrogens is 225 g/mol. The van der Waals surface area contributed by atoms with Crippen molar-refractivity contribution in [1.82, 2.24) is 0 Å². The molecule has 0 rings (SSSR count). The van der Waals surface area contributed by atoms with E-state index in [1.54, 1.807) is 0 Å². The zero-order chi connectivity index (χ0) is 8.41. The Labute approximate surface area is 73.1 Å². The first-order valence-corrected chi connectivity index (χ1v) is 4.40. The van der Waals surface area contributed by atoms with Gasteiger partial charge < -0.3 is 0 Å². The Hall–Kier alpha value is 0.400. The lowest BCUT2D eigenvalue weighted by Crippen LogP contribution is -2.23. The van der Waals surface area contributed by atoms with E-state index >= 15 is 0 Å². The van der Waals surface area contributed by atoms with Gasteiger partial charge in [0.2, 0.25) is 0 Å². The van der Waals surface area contributed by atoms with Crippen molar-refractivity contribution < 1.29 is 25.2 Å². The van der Waals surface area contributed by atoms with Crippen molar-refractivity contribution in [3.63, 3.8) is 0 Å². The molecule has 0 aliphatic carbocycles. The van der Waals surface area contributed by atoms with Gasteiger partial charge in [0.25, 0.3) is 0 Å². The van der Waals surface area contributed by atoms with Gasteiger partial charge >= 0.3 is 15.6 Å². The van der Waals surface area contributed by atoms with Gasteiger partial charge in [-0.25, -0.2) is 0 Å². The summed E-state index contributed by atoms with van der Waals surface area (Å²) in [4.78, 5) is 0. The van der Waals surface area contributed by atoms with E-state index in [2.05, 4.69) is 3.63 Å². The first-order valence-electron chi connectivity index (χ1n) is 1.85. The maximum absolute atomic E-state index is 11.3.